The van der Waals surface area contributed by atoms with E-state index in [4.69, 9.17) is 4.43 Å². The maximum absolute atomic E-state index is 13.8. The highest BCUT2D eigenvalue weighted by Gasteiger charge is 2.60. The first-order chi connectivity index (χ1) is 14.9. The van der Waals surface area contributed by atoms with E-state index in [0.717, 1.165) is 25.7 Å². The minimum absolute atomic E-state index is 0.0551. The van der Waals surface area contributed by atoms with Crippen LogP contribution in [0.25, 0.3) is 0 Å². The van der Waals surface area contributed by atoms with Crippen LogP contribution in [-0.2, 0) is 4.43 Å². The highest BCUT2D eigenvalue weighted by Crippen LogP contribution is 2.66. The van der Waals surface area contributed by atoms with Crippen molar-refractivity contribution in [2.45, 2.75) is 94.3 Å². The van der Waals surface area contributed by atoms with E-state index in [-0.39, 0.29) is 27.4 Å². The molecule has 0 aromatic heterocycles. The summed E-state index contributed by atoms with van der Waals surface area (Å²) in [5.41, 5.74) is 1.45. The summed E-state index contributed by atoms with van der Waals surface area (Å²) in [6.07, 6.45) is 5.41. The van der Waals surface area contributed by atoms with Crippen LogP contribution < -0.4 is 0 Å². The number of alkyl halides is 3. The van der Waals surface area contributed by atoms with E-state index >= 15 is 0 Å². The van der Waals surface area contributed by atoms with Crippen molar-refractivity contribution in [2.75, 3.05) is 11.5 Å². The summed E-state index contributed by atoms with van der Waals surface area (Å²) in [6, 6.07) is 0. The van der Waals surface area contributed by atoms with Gasteiger partial charge in [-0.1, -0.05) is 18.6 Å². The van der Waals surface area contributed by atoms with Gasteiger partial charge >= 0.3 is 6.18 Å². The molecular weight excluding hydrogens is 465 g/mol. The van der Waals surface area contributed by atoms with Crippen LogP contribution in [0.15, 0.2) is 11.6 Å². The Morgan fingerprint density at radius 2 is 1.78 bits per heavy atom. The molecule has 1 spiro atoms. The van der Waals surface area contributed by atoms with Gasteiger partial charge in [-0.15, -0.1) is 23.5 Å². The molecule has 1 saturated heterocycles. The molecule has 1 heterocycles. The van der Waals surface area contributed by atoms with Gasteiger partial charge in [-0.3, -0.25) is 0 Å². The van der Waals surface area contributed by atoms with Crippen molar-refractivity contribution in [3.05, 3.63) is 11.6 Å². The van der Waals surface area contributed by atoms with Crippen LogP contribution in [0, 0.1) is 35.0 Å². The molecule has 182 valence electrons. The molecule has 4 aliphatic carbocycles. The average molecular weight is 505 g/mol. The number of halogens is 3. The first kappa shape index (κ1) is 24.1. The van der Waals surface area contributed by atoms with E-state index in [1.807, 2.05) is 23.5 Å². The summed E-state index contributed by atoms with van der Waals surface area (Å²) in [4.78, 5) is 0. The van der Waals surface area contributed by atoms with E-state index in [1.54, 1.807) is 0 Å². The third-order valence-corrected chi connectivity index (χ3v) is 13.7. The molecule has 4 fully saturated rings. The van der Waals surface area contributed by atoms with Crippen LogP contribution >= 0.6 is 23.5 Å². The Bertz CT molecular complexity index is 757. The van der Waals surface area contributed by atoms with Crippen molar-refractivity contribution in [2.24, 2.45) is 35.0 Å². The van der Waals surface area contributed by atoms with E-state index in [1.165, 1.54) is 29.9 Å². The van der Waals surface area contributed by atoms with E-state index in [2.05, 4.69) is 32.6 Å². The van der Waals surface area contributed by atoms with Crippen LogP contribution in [-0.4, -0.2) is 36.2 Å². The molecule has 0 N–H and O–H groups in total. The van der Waals surface area contributed by atoms with Gasteiger partial charge in [-0.05, 0) is 99.6 Å². The summed E-state index contributed by atoms with van der Waals surface area (Å²) >= 11 is 4.07. The molecule has 1 aliphatic heterocycles. The number of thioether (sulfide) groups is 2. The van der Waals surface area contributed by atoms with Crippen molar-refractivity contribution >= 4 is 31.8 Å². The first-order valence-electron chi connectivity index (χ1n) is 12.6. The fraction of sp³-hybridized carbons (Fsp3) is 0.920. The number of hydrogen-bond acceptors (Lipinski definition) is 3. The summed E-state index contributed by atoms with van der Waals surface area (Å²) in [5.74, 6) is 3.68. The smallest absolute Gasteiger partial charge is 0.389 e. The SMILES string of the molecule is C[C@]12CC[C@H]3[C@@H]([C@H](CC(F)(F)F)CC4=CC5(CC[C@@H]43)SCCS5)[C@@H]1CC[C@@H]2O[Si](C)(C)C. The summed E-state index contributed by atoms with van der Waals surface area (Å²) in [7, 11) is -1.68. The van der Waals surface area contributed by atoms with Gasteiger partial charge in [-0.2, -0.15) is 13.2 Å². The largest absolute Gasteiger partial charge is 0.414 e. The predicted molar refractivity (Wildman–Crippen MR) is 132 cm³/mol. The molecule has 0 radical (unpaired) electrons. The number of allylic oxidation sites excluding steroid dienone is 1. The summed E-state index contributed by atoms with van der Waals surface area (Å²) < 4.78 is 48.2. The zero-order valence-electron chi connectivity index (χ0n) is 20.0. The number of fused-ring (bicyclic) bond motifs is 5. The molecule has 32 heavy (non-hydrogen) atoms. The van der Waals surface area contributed by atoms with Gasteiger partial charge in [0, 0.05) is 17.9 Å². The third-order valence-electron chi connectivity index (χ3n) is 9.31. The van der Waals surface area contributed by atoms with Crippen LogP contribution in [0.2, 0.25) is 19.6 Å². The topological polar surface area (TPSA) is 9.23 Å². The Hall–Kier alpha value is 0.407. The molecule has 0 aromatic rings. The van der Waals surface area contributed by atoms with E-state index < -0.39 is 20.9 Å². The van der Waals surface area contributed by atoms with Crippen molar-refractivity contribution in [3.8, 4) is 0 Å². The number of hydrogen-bond donors (Lipinski definition) is 0. The Morgan fingerprint density at radius 1 is 1.06 bits per heavy atom. The van der Waals surface area contributed by atoms with Gasteiger partial charge in [0.25, 0.3) is 0 Å². The minimum atomic E-state index is -4.08. The molecule has 0 aromatic carbocycles. The quantitative estimate of drug-likeness (QED) is 0.284. The lowest BCUT2D eigenvalue weighted by molar-refractivity contribution is -0.164. The molecule has 1 nitrogen and oxygen atoms in total. The molecule has 0 unspecified atom stereocenters. The zero-order valence-corrected chi connectivity index (χ0v) is 22.6. The van der Waals surface area contributed by atoms with E-state index in [0.29, 0.717) is 24.2 Å². The maximum Gasteiger partial charge on any atom is 0.389 e. The van der Waals surface area contributed by atoms with Gasteiger partial charge in [0.05, 0.1) is 10.2 Å². The second-order valence-corrected chi connectivity index (χ2v) is 19.9. The van der Waals surface area contributed by atoms with Crippen LogP contribution in [0.1, 0.15) is 58.3 Å². The van der Waals surface area contributed by atoms with Gasteiger partial charge in [0.1, 0.15) is 0 Å². The Labute approximate surface area is 201 Å². The molecule has 3 saturated carbocycles. The normalized spacial score (nSPS) is 43.5. The van der Waals surface area contributed by atoms with Crippen molar-refractivity contribution in [3.63, 3.8) is 0 Å². The lowest BCUT2D eigenvalue weighted by Gasteiger charge is -2.57. The Balaban J connectivity index is 1.46. The molecule has 7 heteroatoms. The maximum atomic E-state index is 13.8. The van der Waals surface area contributed by atoms with Crippen molar-refractivity contribution in [1.29, 1.82) is 0 Å². The molecule has 5 aliphatic rings. The molecular formula is C25H39F3OS2Si. The van der Waals surface area contributed by atoms with Crippen LogP contribution in [0.4, 0.5) is 13.2 Å². The lowest BCUT2D eigenvalue weighted by atomic mass is 9.49. The predicted octanol–water partition coefficient (Wildman–Crippen LogP) is 8.13. The Morgan fingerprint density at radius 3 is 2.44 bits per heavy atom. The molecule has 5 rings (SSSR count). The fourth-order valence-electron chi connectivity index (χ4n) is 8.29. The van der Waals surface area contributed by atoms with Crippen molar-refractivity contribution < 1.29 is 17.6 Å². The van der Waals surface area contributed by atoms with Gasteiger partial charge in [-0.25, -0.2) is 0 Å². The van der Waals surface area contributed by atoms with Gasteiger partial charge in [0.15, 0.2) is 8.32 Å². The van der Waals surface area contributed by atoms with Gasteiger partial charge < -0.3 is 4.43 Å². The summed E-state index contributed by atoms with van der Waals surface area (Å²) in [5, 5.41) is 0. The van der Waals surface area contributed by atoms with Gasteiger partial charge in [0.2, 0.25) is 0 Å². The molecule has 7 atom stereocenters. The summed E-state index contributed by atoms with van der Waals surface area (Å²) in [6.45, 7) is 9.10. The first-order valence-corrected chi connectivity index (χ1v) is 18.0. The van der Waals surface area contributed by atoms with Crippen LogP contribution in [0.3, 0.4) is 0 Å². The third kappa shape index (κ3) is 4.39. The lowest BCUT2D eigenvalue weighted by Crippen LogP contribution is -2.53. The van der Waals surface area contributed by atoms with Crippen LogP contribution in [0.5, 0.6) is 0 Å². The standard InChI is InChI=1S/C25H39F3OS2Si/c1-23-9-7-19-18-8-10-24(30-11-12-31-24)14-16(18)13-17(15-25(26,27)28)22(19)20(23)5-6-21(23)29-32(2,3)4/h14,17-22H,5-13,15H2,1-4H3/t17-,18-,19+,20-,21-,22+,23-/m0/s1. The minimum Gasteiger partial charge on any atom is -0.414 e. The second-order valence-electron chi connectivity index (χ2n) is 12.3. The Kier molecular flexibility index (Phi) is 6.20. The fourth-order valence-corrected chi connectivity index (χ4v) is 12.7. The molecule has 0 bridgehead atoms. The number of rotatable bonds is 3. The van der Waals surface area contributed by atoms with Crippen molar-refractivity contribution in [1.82, 2.24) is 0 Å². The van der Waals surface area contributed by atoms with E-state index in [9.17, 15) is 13.2 Å². The average Bonchev–Trinajstić information content (AvgIpc) is 3.24. The second kappa shape index (κ2) is 8.23. The zero-order chi connectivity index (χ0) is 22.9. The molecule has 0 amide bonds. The highest BCUT2D eigenvalue weighted by molar-refractivity contribution is 8.21. The highest BCUT2D eigenvalue weighted by atomic mass is 32.2. The monoisotopic (exact) mass is 504 g/mol.